The van der Waals surface area contributed by atoms with Gasteiger partial charge in [-0.05, 0) is 19.1 Å². The normalized spacial score (nSPS) is 21.8. The monoisotopic (exact) mass is 629 g/mol. The summed E-state index contributed by atoms with van der Waals surface area (Å²) in [6.45, 7) is 1.83. The highest BCUT2D eigenvalue weighted by atomic mass is 32.2. The summed E-state index contributed by atoms with van der Waals surface area (Å²) >= 11 is 3.54. The molecule has 2 amide bonds. The van der Waals surface area contributed by atoms with Crippen LogP contribution >= 0.6 is 34.9 Å². The van der Waals surface area contributed by atoms with Gasteiger partial charge in [0.1, 0.15) is 29.4 Å². The van der Waals surface area contributed by atoms with Gasteiger partial charge in [0.2, 0.25) is 17.5 Å². The van der Waals surface area contributed by atoms with Crippen molar-refractivity contribution in [2.75, 3.05) is 41.9 Å². The molecule has 2 unspecified atom stereocenters. The second-order valence-electron chi connectivity index (χ2n) is 9.46. The molecule has 2 fully saturated rings. The number of rotatable bonds is 10. The van der Waals surface area contributed by atoms with Crippen LogP contribution in [0.2, 0.25) is 0 Å². The number of nitrogen functional groups attached to an aromatic ring is 3. The maximum atomic E-state index is 13.1. The number of oxime groups is 1. The lowest BCUT2D eigenvalue weighted by Gasteiger charge is -2.55. The highest BCUT2D eigenvalue weighted by molar-refractivity contribution is 8.00. The molecule has 3 atom stereocenters. The molecule has 5 rings (SSSR count). The van der Waals surface area contributed by atoms with Gasteiger partial charge in [-0.1, -0.05) is 40.1 Å². The number of carboxylic acids is 1. The number of benzene rings is 1. The molecule has 4 heterocycles. The molecule has 2 aromatic heterocycles. The summed E-state index contributed by atoms with van der Waals surface area (Å²) in [6, 6.07) is 9.87. The van der Waals surface area contributed by atoms with Gasteiger partial charge in [-0.15, -0.1) is 23.1 Å². The van der Waals surface area contributed by atoms with E-state index >= 15 is 0 Å². The van der Waals surface area contributed by atoms with E-state index in [2.05, 4.69) is 20.4 Å². The van der Waals surface area contributed by atoms with Gasteiger partial charge < -0.3 is 42.2 Å². The minimum Gasteiger partial charge on any atom is -0.549 e. The summed E-state index contributed by atoms with van der Waals surface area (Å²) in [7, 11) is 0. The molecule has 0 aliphatic carbocycles. The number of thiazole rings is 1. The van der Waals surface area contributed by atoms with Crippen LogP contribution in [0.3, 0.4) is 0 Å². The molecule has 2 aliphatic rings. The van der Waals surface area contributed by atoms with E-state index in [1.165, 1.54) is 22.7 Å². The van der Waals surface area contributed by atoms with E-state index in [0.717, 1.165) is 28.8 Å². The Balaban J connectivity index is 1.30. The third-order valence-corrected chi connectivity index (χ3v) is 10.1. The number of nitrogens with one attached hydrogen (secondary N) is 1. The predicted octanol–water partition coefficient (Wildman–Crippen LogP) is -0.769. The van der Waals surface area contributed by atoms with Gasteiger partial charge >= 0.3 is 5.16 Å². The molecule has 2 saturated heterocycles. The van der Waals surface area contributed by atoms with Gasteiger partial charge in [-0.25, -0.2) is 4.98 Å². The fourth-order valence-electron chi connectivity index (χ4n) is 4.49. The van der Waals surface area contributed by atoms with Crippen molar-refractivity contribution in [1.29, 1.82) is 0 Å². The van der Waals surface area contributed by atoms with Gasteiger partial charge in [0.25, 0.3) is 5.91 Å². The van der Waals surface area contributed by atoms with Crippen molar-refractivity contribution < 1.29 is 28.9 Å². The largest absolute Gasteiger partial charge is 0.549 e. The molecular weight excluding hydrogens is 603 g/mol. The van der Waals surface area contributed by atoms with Crippen molar-refractivity contribution in [1.82, 2.24) is 20.2 Å². The van der Waals surface area contributed by atoms with E-state index in [0.29, 0.717) is 11.0 Å². The summed E-state index contributed by atoms with van der Waals surface area (Å²) in [5.74, 6) is -1.68. The lowest BCUT2D eigenvalue weighted by molar-refractivity contribution is -0.626. The molecular formula is C25H27N9O5S3. The number of nitrogens with two attached hydrogens (primary N) is 3. The molecule has 0 bridgehead atoms. The zero-order valence-electron chi connectivity index (χ0n) is 22.3. The van der Waals surface area contributed by atoms with Crippen molar-refractivity contribution >= 4 is 75.1 Å². The number of para-hydroxylation sites is 1. The number of aliphatic carboxylic acids is 1. The van der Waals surface area contributed by atoms with Gasteiger partial charge in [0.15, 0.2) is 10.8 Å². The van der Waals surface area contributed by atoms with E-state index in [1.807, 2.05) is 30.3 Å². The minimum atomic E-state index is -1.40. The highest BCUT2D eigenvalue weighted by Crippen LogP contribution is 2.44. The molecule has 14 nitrogen and oxygen atoms in total. The van der Waals surface area contributed by atoms with Crippen LogP contribution in [0.5, 0.6) is 0 Å². The van der Waals surface area contributed by atoms with Crippen LogP contribution in [-0.2, 0) is 19.2 Å². The first-order chi connectivity index (χ1) is 20.1. The molecule has 2 aliphatic heterocycles. The maximum absolute atomic E-state index is 13.1. The average molecular weight is 630 g/mol. The molecule has 3 aromatic rings. The molecule has 1 aromatic carbocycles. The summed E-state index contributed by atoms with van der Waals surface area (Å²) < 4.78 is 1.68. The number of hydrogen-bond acceptors (Lipinski definition) is 14. The highest BCUT2D eigenvalue weighted by Gasteiger charge is 2.56. The zero-order valence-corrected chi connectivity index (χ0v) is 24.7. The van der Waals surface area contributed by atoms with E-state index in [9.17, 15) is 19.5 Å². The Morgan fingerprint density at radius 3 is 2.71 bits per heavy atom. The van der Waals surface area contributed by atoms with Gasteiger partial charge in [-0.3, -0.25) is 9.59 Å². The van der Waals surface area contributed by atoms with Crippen molar-refractivity contribution in [2.24, 2.45) is 10.6 Å². The Morgan fingerprint density at radius 2 is 2.05 bits per heavy atom. The Kier molecular flexibility index (Phi) is 8.42. The maximum Gasteiger partial charge on any atom is 0.305 e. The first kappa shape index (κ1) is 29.4. The lowest BCUT2D eigenvalue weighted by Crippen LogP contribution is -2.75. The number of carboxylic acid groups (broad SMARTS) is 1. The van der Waals surface area contributed by atoms with E-state index in [-0.39, 0.29) is 47.0 Å². The lowest BCUT2D eigenvalue weighted by atomic mass is 9.89. The second kappa shape index (κ2) is 12.0. The van der Waals surface area contributed by atoms with Crippen LogP contribution in [0.4, 0.5) is 16.8 Å². The van der Waals surface area contributed by atoms with Crippen molar-refractivity contribution in [3.63, 3.8) is 0 Å². The third-order valence-electron chi connectivity index (χ3n) is 6.59. The average Bonchev–Trinajstić information content (AvgIpc) is 3.40. The Morgan fingerprint density at radius 1 is 1.29 bits per heavy atom. The number of carbonyl (C=O) groups is 3. The van der Waals surface area contributed by atoms with Crippen molar-refractivity contribution in [3.05, 3.63) is 47.5 Å². The van der Waals surface area contributed by atoms with Crippen LogP contribution < -0.4 is 32.2 Å². The molecule has 0 radical (unpaired) electrons. The predicted molar refractivity (Wildman–Crippen MR) is 157 cm³/mol. The number of nitrogens with zero attached hydrogens (tertiary/aromatic N) is 5. The minimum absolute atomic E-state index is 0.0367. The number of thioether (sulfide) groups is 2. The summed E-state index contributed by atoms with van der Waals surface area (Å²) in [4.78, 5) is 53.7. The second-order valence-corrected chi connectivity index (χ2v) is 12.4. The first-order valence-electron chi connectivity index (χ1n) is 12.7. The van der Waals surface area contributed by atoms with Crippen LogP contribution in [0.25, 0.3) is 5.69 Å². The van der Waals surface area contributed by atoms with Crippen LogP contribution in [-0.4, -0.2) is 74.4 Å². The molecule has 220 valence electrons. The zero-order chi connectivity index (χ0) is 30.0. The van der Waals surface area contributed by atoms with Crippen LogP contribution in [0, 0.1) is 5.41 Å². The van der Waals surface area contributed by atoms with Gasteiger partial charge in [-0.2, -0.15) is 4.57 Å². The number of aromatic nitrogens is 3. The van der Waals surface area contributed by atoms with Gasteiger partial charge in [0.05, 0.1) is 12.0 Å². The van der Waals surface area contributed by atoms with E-state index in [1.54, 1.807) is 16.9 Å². The number of anilines is 3. The topological polar surface area (TPSA) is 219 Å². The first-order valence-corrected chi connectivity index (χ1v) is 15.6. The Hall–Kier alpha value is -4.09. The fraction of sp³-hybridized carbons (Fsp3) is 0.320. The van der Waals surface area contributed by atoms with Crippen molar-refractivity contribution in [3.8, 4) is 5.69 Å². The number of β-lactam (4-membered cyclic amide) rings is 1. The number of hydrogen-bond donors (Lipinski definition) is 4. The number of amides is 2. The quantitative estimate of drug-likeness (QED) is 0.0543. The van der Waals surface area contributed by atoms with E-state index < -0.39 is 34.6 Å². The Bertz CT molecular complexity index is 1550. The molecule has 17 heteroatoms. The number of fused-ring (bicyclic) bond motifs is 1. The third kappa shape index (κ3) is 5.66. The summed E-state index contributed by atoms with van der Waals surface area (Å²) in [5.41, 5.74) is 17.3. The summed E-state index contributed by atoms with van der Waals surface area (Å²) in [6.07, 6.45) is 0. The Labute approximate surface area is 252 Å². The molecule has 42 heavy (non-hydrogen) atoms. The molecule has 0 saturated carbocycles. The fourth-order valence-corrected chi connectivity index (χ4v) is 7.93. The number of carbonyl (C=O) groups excluding carboxylic acids is 3. The van der Waals surface area contributed by atoms with E-state index in [4.69, 9.17) is 22.0 Å². The van der Waals surface area contributed by atoms with Crippen LogP contribution in [0.15, 0.2) is 52.1 Å². The summed E-state index contributed by atoms with van der Waals surface area (Å²) in [5, 5.41) is 20.8. The van der Waals surface area contributed by atoms with Crippen LogP contribution in [0.1, 0.15) is 12.6 Å². The SMILES string of the molecule is CCON=C(C(=O)NC1C(=O)N2CC(CSc3nc(N)cc(N)[n+]3-c3ccccc3)(C(=O)[O-])CS[C@H]12)c1csc(N)n1. The standard InChI is InChI=1S/C25H27N9O5S3/c1-2-39-32-17(14-9-40-23(28)29-14)19(35)31-18-20(36)33-10-25(22(37)38,11-41-21(18)33)12-42-24-30-15(26)8-16(27)34(24)13-6-4-3-5-7-13/h3-9,18,21H,2,10-12H2,1H3,(H7,26,27,28,29,31,35,37,38)/t18?,21-,25?/m1/s1. The van der Waals surface area contributed by atoms with Gasteiger partial charge in [0, 0.05) is 28.8 Å². The molecule has 7 N–H and O–H groups in total. The smallest absolute Gasteiger partial charge is 0.305 e. The molecule has 0 spiro atoms. The van der Waals surface area contributed by atoms with Crippen molar-refractivity contribution in [2.45, 2.75) is 23.5 Å².